The number of fused-ring (bicyclic) bond motifs is 1. The Morgan fingerprint density at radius 1 is 1.21 bits per heavy atom. The molecule has 0 unspecified atom stereocenters. The largest absolute Gasteiger partial charge is 0.286 e. The molecule has 0 bridgehead atoms. The molecule has 0 aromatic heterocycles. The SMILES string of the molecule is O=S(=O)(O)CC1Cc2ccccc2C1. The second kappa shape index (κ2) is 3.37. The van der Waals surface area contributed by atoms with Crippen molar-refractivity contribution < 1.29 is 13.0 Å². The van der Waals surface area contributed by atoms with Crippen LogP contribution in [0.2, 0.25) is 0 Å². The van der Waals surface area contributed by atoms with E-state index in [-0.39, 0.29) is 11.7 Å². The molecule has 1 N–H and O–H groups in total. The Balaban J connectivity index is 2.13. The van der Waals surface area contributed by atoms with Crippen LogP contribution >= 0.6 is 0 Å². The zero-order valence-electron chi connectivity index (χ0n) is 7.68. The van der Waals surface area contributed by atoms with Crippen LogP contribution in [0.4, 0.5) is 0 Å². The third-order valence-electron chi connectivity index (χ3n) is 2.58. The number of rotatable bonds is 2. The molecule has 4 heteroatoms. The van der Waals surface area contributed by atoms with E-state index < -0.39 is 10.1 Å². The Labute approximate surface area is 83.5 Å². The summed E-state index contributed by atoms with van der Waals surface area (Å²) in [5, 5.41) is 0. The van der Waals surface area contributed by atoms with Gasteiger partial charge < -0.3 is 0 Å². The van der Waals surface area contributed by atoms with Gasteiger partial charge in [-0.15, -0.1) is 0 Å². The maximum Gasteiger partial charge on any atom is 0.265 e. The highest BCUT2D eigenvalue weighted by molar-refractivity contribution is 7.85. The predicted molar refractivity (Wildman–Crippen MR) is 53.8 cm³/mol. The second-order valence-corrected chi connectivity index (χ2v) is 5.29. The lowest BCUT2D eigenvalue weighted by atomic mass is 10.1. The van der Waals surface area contributed by atoms with E-state index in [0.29, 0.717) is 0 Å². The highest BCUT2D eigenvalue weighted by atomic mass is 32.2. The fourth-order valence-corrected chi connectivity index (χ4v) is 2.90. The van der Waals surface area contributed by atoms with Crippen molar-refractivity contribution in [3.05, 3.63) is 35.4 Å². The van der Waals surface area contributed by atoms with E-state index in [4.69, 9.17) is 4.55 Å². The van der Waals surface area contributed by atoms with Gasteiger partial charge in [-0.05, 0) is 29.9 Å². The van der Waals surface area contributed by atoms with Gasteiger partial charge in [0, 0.05) is 0 Å². The van der Waals surface area contributed by atoms with E-state index >= 15 is 0 Å². The minimum Gasteiger partial charge on any atom is -0.286 e. The molecule has 1 aromatic rings. The average Bonchev–Trinajstić information content (AvgIpc) is 2.42. The maximum atomic E-state index is 10.7. The molecule has 0 atom stereocenters. The van der Waals surface area contributed by atoms with Crippen LogP contribution in [-0.2, 0) is 23.0 Å². The average molecular weight is 212 g/mol. The molecule has 0 heterocycles. The first-order chi connectivity index (χ1) is 6.54. The van der Waals surface area contributed by atoms with E-state index in [1.807, 2.05) is 24.3 Å². The van der Waals surface area contributed by atoms with Gasteiger partial charge >= 0.3 is 0 Å². The lowest BCUT2D eigenvalue weighted by Crippen LogP contribution is -2.15. The standard InChI is InChI=1S/C10H12O3S/c11-14(12,13)7-8-5-9-3-1-2-4-10(9)6-8/h1-4,8H,5-7H2,(H,11,12,13). The molecule has 0 aliphatic heterocycles. The van der Waals surface area contributed by atoms with Crippen LogP contribution in [0.5, 0.6) is 0 Å². The van der Waals surface area contributed by atoms with Gasteiger partial charge in [-0.3, -0.25) is 4.55 Å². The fourth-order valence-electron chi connectivity index (χ4n) is 2.07. The van der Waals surface area contributed by atoms with Crippen LogP contribution in [0.1, 0.15) is 11.1 Å². The molecule has 2 rings (SSSR count). The Kier molecular flexibility index (Phi) is 2.33. The molecule has 0 spiro atoms. The summed E-state index contributed by atoms with van der Waals surface area (Å²) in [4.78, 5) is 0. The summed E-state index contributed by atoms with van der Waals surface area (Å²) < 4.78 is 30.1. The first-order valence-corrected chi connectivity index (χ1v) is 6.17. The third-order valence-corrected chi connectivity index (χ3v) is 3.47. The summed E-state index contributed by atoms with van der Waals surface area (Å²) in [7, 11) is -3.83. The number of hydrogen-bond acceptors (Lipinski definition) is 2. The summed E-state index contributed by atoms with van der Waals surface area (Å²) in [5.41, 5.74) is 2.42. The summed E-state index contributed by atoms with van der Waals surface area (Å²) in [5.74, 6) is -0.0794. The van der Waals surface area contributed by atoms with Crippen molar-refractivity contribution in [3.63, 3.8) is 0 Å². The van der Waals surface area contributed by atoms with E-state index in [9.17, 15) is 8.42 Å². The predicted octanol–water partition coefficient (Wildman–Crippen LogP) is 1.29. The maximum absolute atomic E-state index is 10.7. The van der Waals surface area contributed by atoms with Gasteiger partial charge in [0.1, 0.15) is 0 Å². The molecular weight excluding hydrogens is 200 g/mol. The first kappa shape index (κ1) is 9.68. The van der Waals surface area contributed by atoms with Crippen LogP contribution in [0.3, 0.4) is 0 Å². The zero-order chi connectivity index (χ0) is 10.2. The molecule has 0 amide bonds. The van der Waals surface area contributed by atoms with Crippen LogP contribution in [-0.4, -0.2) is 18.7 Å². The molecular formula is C10H12O3S. The molecule has 76 valence electrons. The van der Waals surface area contributed by atoms with Gasteiger partial charge in [-0.25, -0.2) is 0 Å². The highest BCUT2D eigenvalue weighted by Crippen LogP contribution is 2.26. The van der Waals surface area contributed by atoms with Crippen molar-refractivity contribution in [1.82, 2.24) is 0 Å². The summed E-state index contributed by atoms with van der Waals surface area (Å²) >= 11 is 0. The summed E-state index contributed by atoms with van der Waals surface area (Å²) in [6, 6.07) is 7.93. The van der Waals surface area contributed by atoms with E-state index in [1.54, 1.807) is 0 Å². The monoisotopic (exact) mass is 212 g/mol. The molecule has 0 saturated carbocycles. The van der Waals surface area contributed by atoms with Crippen molar-refractivity contribution in [2.24, 2.45) is 5.92 Å². The van der Waals surface area contributed by atoms with Gasteiger partial charge in [0.15, 0.2) is 0 Å². The summed E-state index contributed by atoms with van der Waals surface area (Å²) in [6.45, 7) is 0. The molecule has 3 nitrogen and oxygen atoms in total. The molecule has 0 radical (unpaired) electrons. The molecule has 0 fully saturated rings. The zero-order valence-corrected chi connectivity index (χ0v) is 8.50. The molecule has 1 aromatic carbocycles. The van der Waals surface area contributed by atoms with Crippen LogP contribution in [0.15, 0.2) is 24.3 Å². The van der Waals surface area contributed by atoms with Crippen molar-refractivity contribution in [2.45, 2.75) is 12.8 Å². The lowest BCUT2D eigenvalue weighted by Gasteiger charge is -2.04. The minimum absolute atomic E-state index is 0.0439. The third kappa shape index (κ3) is 2.13. The fraction of sp³-hybridized carbons (Fsp3) is 0.400. The van der Waals surface area contributed by atoms with Crippen molar-refractivity contribution in [1.29, 1.82) is 0 Å². The van der Waals surface area contributed by atoms with Gasteiger partial charge in [0.2, 0.25) is 0 Å². The van der Waals surface area contributed by atoms with Gasteiger partial charge in [0.25, 0.3) is 10.1 Å². The van der Waals surface area contributed by atoms with Crippen molar-refractivity contribution >= 4 is 10.1 Å². The molecule has 1 aliphatic carbocycles. The Morgan fingerprint density at radius 2 is 1.71 bits per heavy atom. The molecule has 1 aliphatic rings. The summed E-state index contributed by atoms with van der Waals surface area (Å²) in [6.07, 6.45) is 1.52. The van der Waals surface area contributed by atoms with E-state index in [1.165, 1.54) is 11.1 Å². The number of hydrogen-bond donors (Lipinski definition) is 1. The highest BCUT2D eigenvalue weighted by Gasteiger charge is 2.24. The first-order valence-electron chi connectivity index (χ1n) is 4.56. The minimum atomic E-state index is -3.83. The van der Waals surface area contributed by atoms with Gasteiger partial charge in [-0.2, -0.15) is 8.42 Å². The Bertz CT molecular complexity index is 411. The normalized spacial score (nSPS) is 16.9. The van der Waals surface area contributed by atoms with Crippen LogP contribution in [0.25, 0.3) is 0 Å². The van der Waals surface area contributed by atoms with Gasteiger partial charge in [-0.1, -0.05) is 24.3 Å². The van der Waals surface area contributed by atoms with Gasteiger partial charge in [0.05, 0.1) is 5.75 Å². The lowest BCUT2D eigenvalue weighted by molar-refractivity contribution is 0.466. The smallest absolute Gasteiger partial charge is 0.265 e. The van der Waals surface area contributed by atoms with Crippen molar-refractivity contribution in [3.8, 4) is 0 Å². The number of benzene rings is 1. The quantitative estimate of drug-likeness (QED) is 0.751. The Hall–Kier alpha value is -0.870. The molecule has 0 saturated heterocycles. The topological polar surface area (TPSA) is 54.4 Å². The van der Waals surface area contributed by atoms with E-state index in [0.717, 1.165) is 12.8 Å². The van der Waals surface area contributed by atoms with E-state index in [2.05, 4.69) is 0 Å². The van der Waals surface area contributed by atoms with Crippen molar-refractivity contribution in [2.75, 3.05) is 5.75 Å². The molecule has 14 heavy (non-hydrogen) atoms. The second-order valence-electron chi connectivity index (χ2n) is 3.79. The Morgan fingerprint density at radius 3 is 2.14 bits per heavy atom. The van der Waals surface area contributed by atoms with Crippen LogP contribution < -0.4 is 0 Å². The van der Waals surface area contributed by atoms with Crippen LogP contribution in [0, 0.1) is 5.92 Å².